The lowest BCUT2D eigenvalue weighted by Gasteiger charge is -2.39. The third-order valence-electron chi connectivity index (χ3n) is 5.70. The first-order chi connectivity index (χ1) is 13.3. The van der Waals surface area contributed by atoms with Gasteiger partial charge < -0.3 is 14.9 Å². The van der Waals surface area contributed by atoms with E-state index in [0.717, 1.165) is 29.5 Å². The van der Waals surface area contributed by atoms with Crippen molar-refractivity contribution in [1.29, 1.82) is 5.26 Å². The van der Waals surface area contributed by atoms with E-state index < -0.39 is 11.8 Å². The molecule has 2 N–H and O–H groups in total. The van der Waals surface area contributed by atoms with E-state index >= 15 is 0 Å². The van der Waals surface area contributed by atoms with Gasteiger partial charge in [0.1, 0.15) is 12.0 Å². The first kappa shape index (κ1) is 18.9. The summed E-state index contributed by atoms with van der Waals surface area (Å²) in [6, 6.07) is 9.20. The van der Waals surface area contributed by atoms with Gasteiger partial charge in [-0.2, -0.15) is 5.26 Å². The Morgan fingerprint density at radius 1 is 1.32 bits per heavy atom. The van der Waals surface area contributed by atoms with Gasteiger partial charge >= 0.3 is 0 Å². The number of nitriles is 1. The van der Waals surface area contributed by atoms with Crippen molar-refractivity contribution in [1.82, 2.24) is 9.88 Å². The van der Waals surface area contributed by atoms with Crippen LogP contribution in [0.15, 0.2) is 30.5 Å². The highest BCUT2D eigenvalue weighted by molar-refractivity contribution is 5.69. The van der Waals surface area contributed by atoms with Crippen LogP contribution >= 0.6 is 0 Å². The van der Waals surface area contributed by atoms with Crippen LogP contribution in [0.3, 0.4) is 0 Å². The van der Waals surface area contributed by atoms with Crippen LogP contribution in [0.5, 0.6) is 5.75 Å². The predicted molar refractivity (Wildman–Crippen MR) is 104 cm³/mol. The van der Waals surface area contributed by atoms with Crippen LogP contribution in [0.2, 0.25) is 0 Å². The van der Waals surface area contributed by atoms with Gasteiger partial charge in [0, 0.05) is 29.9 Å². The third kappa shape index (κ3) is 3.26. The number of methoxy groups -OCH3 is 1. The van der Waals surface area contributed by atoms with E-state index in [1.807, 2.05) is 30.9 Å². The molecule has 0 radical (unpaired) electrons. The molecular formula is C22H25N3O3. The van der Waals surface area contributed by atoms with Gasteiger partial charge in [0.05, 0.1) is 30.0 Å². The molecule has 1 saturated carbocycles. The molecule has 0 spiro atoms. The molecule has 1 aromatic heterocycles. The van der Waals surface area contributed by atoms with Gasteiger partial charge in [-0.05, 0) is 62.4 Å². The van der Waals surface area contributed by atoms with Gasteiger partial charge in [-0.15, -0.1) is 0 Å². The smallest absolute Gasteiger partial charge is 0.136 e. The van der Waals surface area contributed by atoms with Crippen LogP contribution in [0.1, 0.15) is 49.6 Å². The van der Waals surface area contributed by atoms with E-state index in [1.54, 1.807) is 25.4 Å². The van der Waals surface area contributed by atoms with Crippen LogP contribution in [0.25, 0.3) is 11.3 Å². The summed E-state index contributed by atoms with van der Waals surface area (Å²) in [5.74, 6) is 0.965. The number of pyridine rings is 1. The van der Waals surface area contributed by atoms with Crippen molar-refractivity contribution in [2.75, 3.05) is 7.11 Å². The summed E-state index contributed by atoms with van der Waals surface area (Å²) in [6.45, 7) is 4.18. The lowest BCUT2D eigenvalue weighted by atomic mass is 9.92. The van der Waals surface area contributed by atoms with E-state index in [-0.39, 0.29) is 6.04 Å². The van der Waals surface area contributed by atoms with Crippen LogP contribution < -0.4 is 4.74 Å². The minimum atomic E-state index is -0.915. The summed E-state index contributed by atoms with van der Waals surface area (Å²) in [5, 5.41) is 31.3. The van der Waals surface area contributed by atoms with Crippen LogP contribution in [-0.2, 0) is 6.54 Å². The van der Waals surface area contributed by atoms with Crippen LogP contribution in [0, 0.1) is 17.2 Å². The van der Waals surface area contributed by atoms with E-state index in [0.29, 0.717) is 29.5 Å². The predicted octanol–water partition coefficient (Wildman–Crippen LogP) is 2.98. The number of nitrogens with zero attached hydrogens (tertiary/aromatic N) is 3. The zero-order chi connectivity index (χ0) is 20.1. The van der Waals surface area contributed by atoms with Crippen molar-refractivity contribution in [3.8, 4) is 23.1 Å². The second kappa shape index (κ2) is 6.85. The molecule has 2 aliphatic rings. The number of ether oxygens (including phenoxy) is 1. The zero-order valence-corrected chi connectivity index (χ0v) is 16.4. The number of fused-ring (bicyclic) bond motifs is 1. The number of aliphatic hydroxyl groups is 2. The number of aromatic nitrogens is 1. The molecule has 0 amide bonds. The average molecular weight is 379 g/mol. The number of aliphatic hydroxyl groups excluding tert-OH is 1. The molecule has 4 rings (SSSR count). The molecule has 1 aliphatic heterocycles. The van der Waals surface area contributed by atoms with E-state index in [1.165, 1.54) is 0 Å². The molecule has 2 heterocycles. The summed E-state index contributed by atoms with van der Waals surface area (Å²) in [4.78, 5) is 6.51. The number of rotatable bonds is 5. The van der Waals surface area contributed by atoms with Crippen molar-refractivity contribution < 1.29 is 14.9 Å². The van der Waals surface area contributed by atoms with Gasteiger partial charge in [-0.25, -0.2) is 0 Å². The molecule has 146 valence electrons. The van der Waals surface area contributed by atoms with Crippen molar-refractivity contribution >= 4 is 0 Å². The molecule has 6 nitrogen and oxygen atoms in total. The van der Waals surface area contributed by atoms with Crippen molar-refractivity contribution in [3.63, 3.8) is 0 Å². The topological polar surface area (TPSA) is 89.6 Å². The van der Waals surface area contributed by atoms with Gasteiger partial charge in [-0.3, -0.25) is 9.88 Å². The Kier molecular flexibility index (Phi) is 4.62. The van der Waals surface area contributed by atoms with Crippen molar-refractivity contribution in [2.24, 2.45) is 5.92 Å². The summed E-state index contributed by atoms with van der Waals surface area (Å²) >= 11 is 0. The zero-order valence-electron chi connectivity index (χ0n) is 16.4. The fourth-order valence-corrected chi connectivity index (χ4v) is 4.45. The molecule has 2 atom stereocenters. The fraction of sp³-hybridized carbons (Fsp3) is 0.455. The van der Waals surface area contributed by atoms with Gasteiger partial charge in [0.2, 0.25) is 0 Å². The fourth-order valence-electron chi connectivity index (χ4n) is 4.45. The maximum absolute atomic E-state index is 11.2. The molecule has 2 unspecified atom stereocenters. The standard InChI is InChI=1S/C22H25N3O3/c1-22(2,27)20(14-4-5-14)25-12-15-6-7-24-19(18(15)21(25)26)16-8-13(11-23)9-17(10-16)28-3/h6-10,14,20-21,26-27H,4-5,12H2,1-3H3. The summed E-state index contributed by atoms with van der Waals surface area (Å²) in [6.07, 6.45) is 3.01. The molecule has 0 saturated heterocycles. The van der Waals surface area contributed by atoms with E-state index in [9.17, 15) is 15.5 Å². The van der Waals surface area contributed by atoms with Gasteiger partial charge in [-0.1, -0.05) is 0 Å². The Hall–Kier alpha value is -2.46. The molecule has 0 bridgehead atoms. The summed E-state index contributed by atoms with van der Waals surface area (Å²) in [7, 11) is 1.56. The summed E-state index contributed by atoms with van der Waals surface area (Å²) in [5.41, 5.74) is 2.68. The minimum absolute atomic E-state index is 0.122. The van der Waals surface area contributed by atoms with E-state index in [2.05, 4.69) is 11.1 Å². The average Bonchev–Trinajstić information content (AvgIpc) is 3.44. The lowest BCUT2D eigenvalue weighted by Crippen LogP contribution is -2.50. The van der Waals surface area contributed by atoms with Crippen LogP contribution in [-0.4, -0.2) is 38.8 Å². The highest BCUT2D eigenvalue weighted by atomic mass is 16.5. The van der Waals surface area contributed by atoms with Crippen molar-refractivity contribution in [3.05, 3.63) is 47.2 Å². The summed E-state index contributed by atoms with van der Waals surface area (Å²) < 4.78 is 5.32. The maximum Gasteiger partial charge on any atom is 0.136 e. The molecule has 6 heteroatoms. The molecule has 1 aromatic carbocycles. The highest BCUT2D eigenvalue weighted by Gasteiger charge is 2.48. The normalized spacial score (nSPS) is 20.5. The monoisotopic (exact) mass is 379 g/mol. The Morgan fingerprint density at radius 2 is 2.07 bits per heavy atom. The largest absolute Gasteiger partial charge is 0.497 e. The van der Waals surface area contributed by atoms with Gasteiger partial charge in [0.15, 0.2) is 0 Å². The lowest BCUT2D eigenvalue weighted by molar-refractivity contribution is -0.0976. The molecular weight excluding hydrogens is 354 g/mol. The van der Waals surface area contributed by atoms with Crippen LogP contribution in [0.4, 0.5) is 0 Å². The first-order valence-corrected chi connectivity index (χ1v) is 9.57. The second-order valence-electron chi connectivity index (χ2n) is 8.28. The van der Waals surface area contributed by atoms with E-state index in [4.69, 9.17) is 4.74 Å². The number of benzene rings is 1. The molecule has 2 aromatic rings. The Morgan fingerprint density at radius 3 is 2.68 bits per heavy atom. The first-order valence-electron chi connectivity index (χ1n) is 9.57. The third-order valence-corrected chi connectivity index (χ3v) is 5.70. The van der Waals surface area contributed by atoms with Gasteiger partial charge in [0.25, 0.3) is 0 Å². The Labute approximate surface area is 165 Å². The second-order valence-corrected chi connectivity index (χ2v) is 8.28. The maximum atomic E-state index is 11.2. The molecule has 28 heavy (non-hydrogen) atoms. The number of hydrogen-bond donors (Lipinski definition) is 2. The SMILES string of the molecule is COc1cc(C#N)cc(-c2nccc3c2C(O)N(C(C2CC2)C(C)(C)O)C3)c1. The quantitative estimate of drug-likeness (QED) is 0.830. The molecule has 1 fully saturated rings. The highest BCUT2D eigenvalue weighted by Crippen LogP contribution is 2.47. The Bertz CT molecular complexity index is 941. The molecule has 1 aliphatic carbocycles. The Balaban J connectivity index is 1.78. The minimum Gasteiger partial charge on any atom is -0.497 e. The van der Waals surface area contributed by atoms with Crippen molar-refractivity contribution in [2.45, 2.75) is 51.1 Å². The number of hydrogen-bond acceptors (Lipinski definition) is 6.